The van der Waals surface area contributed by atoms with E-state index in [1.165, 1.54) is 4.31 Å². The number of rotatable bonds is 4. The van der Waals surface area contributed by atoms with Crippen molar-refractivity contribution in [2.45, 2.75) is 26.7 Å². The molecule has 1 aliphatic heterocycles. The number of hydrogen-bond donors (Lipinski definition) is 1. The van der Waals surface area contributed by atoms with Gasteiger partial charge in [-0.1, -0.05) is 25.1 Å². The van der Waals surface area contributed by atoms with Crippen molar-refractivity contribution in [3.8, 4) is 0 Å². The van der Waals surface area contributed by atoms with Gasteiger partial charge in [0.25, 0.3) is 5.91 Å². The van der Waals surface area contributed by atoms with Crippen molar-refractivity contribution < 1.29 is 13.2 Å². The predicted molar refractivity (Wildman–Crippen MR) is 101 cm³/mol. The Bertz CT molecular complexity index is 889. The molecule has 1 fully saturated rings. The summed E-state index contributed by atoms with van der Waals surface area (Å²) in [5.41, 5.74) is 4.08. The van der Waals surface area contributed by atoms with E-state index in [0.717, 1.165) is 23.2 Å². The van der Waals surface area contributed by atoms with Gasteiger partial charge in [-0.05, 0) is 55.2 Å². The van der Waals surface area contributed by atoms with Gasteiger partial charge in [0.1, 0.15) is 0 Å². The lowest BCUT2D eigenvalue weighted by atomic mass is 10.1. The molecule has 0 atom stereocenters. The Hall–Kier alpha value is -2.34. The number of carbonyl (C=O) groups excluding carboxylic acids is 1. The van der Waals surface area contributed by atoms with E-state index in [0.29, 0.717) is 24.2 Å². The maximum Gasteiger partial charge on any atom is 0.255 e. The van der Waals surface area contributed by atoms with Gasteiger partial charge in [0, 0.05) is 17.8 Å². The molecular weight excluding hydrogens is 336 g/mol. The maximum atomic E-state index is 12.6. The van der Waals surface area contributed by atoms with Crippen molar-refractivity contribution in [2.24, 2.45) is 0 Å². The van der Waals surface area contributed by atoms with Crippen molar-refractivity contribution in [3.05, 3.63) is 59.2 Å². The van der Waals surface area contributed by atoms with Gasteiger partial charge < -0.3 is 5.32 Å². The molecule has 1 heterocycles. The normalized spacial score (nSPS) is 16.0. The van der Waals surface area contributed by atoms with E-state index in [1.54, 1.807) is 24.3 Å². The van der Waals surface area contributed by atoms with Crippen LogP contribution < -0.4 is 9.62 Å². The molecule has 1 aliphatic rings. The first-order valence-electron chi connectivity index (χ1n) is 8.42. The summed E-state index contributed by atoms with van der Waals surface area (Å²) in [4.78, 5) is 12.6. The molecule has 25 heavy (non-hydrogen) atoms. The molecule has 1 saturated heterocycles. The highest BCUT2D eigenvalue weighted by atomic mass is 32.2. The van der Waals surface area contributed by atoms with Gasteiger partial charge in [0.2, 0.25) is 10.0 Å². The van der Waals surface area contributed by atoms with Crippen LogP contribution in [0, 0.1) is 6.92 Å². The predicted octanol–water partition coefficient (Wildman–Crippen LogP) is 3.35. The Balaban J connectivity index is 1.80. The standard InChI is InChI=1S/C19H22N2O3S/c1-3-15-7-4-6-14(2)18(15)20-19(22)16-8-10-17(11-9-16)21-12-5-13-25(21,23)24/h4,6-11H,3,5,12-13H2,1-2H3,(H,20,22). The fourth-order valence-corrected chi connectivity index (χ4v) is 4.66. The molecule has 0 spiro atoms. The van der Waals surface area contributed by atoms with Crippen molar-refractivity contribution in [3.63, 3.8) is 0 Å². The SMILES string of the molecule is CCc1cccc(C)c1NC(=O)c1ccc(N2CCCS2(=O)=O)cc1. The summed E-state index contributed by atoms with van der Waals surface area (Å²) in [6.45, 7) is 4.52. The molecule has 5 nitrogen and oxygen atoms in total. The number of anilines is 2. The van der Waals surface area contributed by atoms with Crippen molar-refractivity contribution in [1.29, 1.82) is 0 Å². The Morgan fingerprint density at radius 2 is 1.88 bits per heavy atom. The van der Waals surface area contributed by atoms with Crippen LogP contribution in [0.5, 0.6) is 0 Å². The molecule has 0 bridgehead atoms. The zero-order chi connectivity index (χ0) is 18.0. The largest absolute Gasteiger partial charge is 0.321 e. The van der Waals surface area contributed by atoms with Crippen LogP contribution in [0.3, 0.4) is 0 Å². The van der Waals surface area contributed by atoms with Crippen LogP contribution >= 0.6 is 0 Å². The second-order valence-corrected chi connectivity index (χ2v) is 8.22. The van der Waals surface area contributed by atoms with E-state index in [9.17, 15) is 13.2 Å². The quantitative estimate of drug-likeness (QED) is 0.911. The monoisotopic (exact) mass is 358 g/mol. The van der Waals surface area contributed by atoms with Crippen LogP contribution in [0.25, 0.3) is 0 Å². The van der Waals surface area contributed by atoms with Gasteiger partial charge in [-0.2, -0.15) is 0 Å². The molecule has 132 valence electrons. The van der Waals surface area contributed by atoms with Crippen LogP contribution in [0.1, 0.15) is 34.8 Å². The Morgan fingerprint density at radius 3 is 2.48 bits per heavy atom. The van der Waals surface area contributed by atoms with E-state index in [2.05, 4.69) is 12.2 Å². The van der Waals surface area contributed by atoms with Gasteiger partial charge in [-0.15, -0.1) is 0 Å². The zero-order valence-electron chi connectivity index (χ0n) is 14.5. The first-order valence-corrected chi connectivity index (χ1v) is 10.0. The number of para-hydroxylation sites is 1. The summed E-state index contributed by atoms with van der Waals surface area (Å²) in [6, 6.07) is 12.7. The minimum absolute atomic E-state index is 0.183. The average Bonchev–Trinajstić information content (AvgIpc) is 2.96. The minimum atomic E-state index is -3.20. The first-order chi connectivity index (χ1) is 11.9. The van der Waals surface area contributed by atoms with E-state index in [4.69, 9.17) is 0 Å². The number of benzene rings is 2. The number of nitrogens with one attached hydrogen (secondary N) is 1. The molecule has 0 unspecified atom stereocenters. The number of sulfonamides is 1. The highest BCUT2D eigenvalue weighted by molar-refractivity contribution is 7.93. The minimum Gasteiger partial charge on any atom is -0.321 e. The summed E-state index contributed by atoms with van der Waals surface area (Å²) in [5.74, 6) is -0.0117. The summed E-state index contributed by atoms with van der Waals surface area (Å²) in [5, 5.41) is 2.98. The first kappa shape index (κ1) is 17.5. The van der Waals surface area contributed by atoms with Crippen molar-refractivity contribution >= 4 is 27.3 Å². The number of aryl methyl sites for hydroxylation is 2. The third-order valence-corrected chi connectivity index (χ3v) is 6.36. The molecule has 1 N–H and O–H groups in total. The summed E-state index contributed by atoms with van der Waals surface area (Å²) >= 11 is 0. The van der Waals surface area contributed by atoms with Crippen molar-refractivity contribution in [1.82, 2.24) is 0 Å². The molecule has 0 aliphatic carbocycles. The lowest BCUT2D eigenvalue weighted by molar-refractivity contribution is 0.102. The fourth-order valence-electron chi connectivity index (χ4n) is 3.10. The molecule has 2 aromatic carbocycles. The van der Waals surface area contributed by atoms with Crippen LogP contribution in [0.4, 0.5) is 11.4 Å². The van der Waals surface area contributed by atoms with Gasteiger partial charge in [-0.25, -0.2) is 8.42 Å². The molecule has 6 heteroatoms. The van der Waals surface area contributed by atoms with Gasteiger partial charge in [0.05, 0.1) is 11.4 Å². The van der Waals surface area contributed by atoms with E-state index < -0.39 is 10.0 Å². The van der Waals surface area contributed by atoms with Gasteiger partial charge in [-0.3, -0.25) is 9.10 Å². The Kier molecular flexibility index (Phi) is 4.81. The summed E-state index contributed by atoms with van der Waals surface area (Å²) in [6.07, 6.45) is 1.47. The summed E-state index contributed by atoms with van der Waals surface area (Å²) < 4.78 is 25.4. The smallest absolute Gasteiger partial charge is 0.255 e. The Morgan fingerprint density at radius 1 is 1.16 bits per heavy atom. The lowest BCUT2D eigenvalue weighted by Gasteiger charge is -2.17. The van der Waals surface area contributed by atoms with Crippen molar-refractivity contribution in [2.75, 3.05) is 21.9 Å². The third-order valence-electron chi connectivity index (χ3n) is 4.50. The van der Waals surface area contributed by atoms with Gasteiger partial charge in [0.15, 0.2) is 0 Å². The van der Waals surface area contributed by atoms with E-state index >= 15 is 0 Å². The van der Waals surface area contributed by atoms with Crippen LogP contribution in [-0.2, 0) is 16.4 Å². The van der Waals surface area contributed by atoms with E-state index in [-0.39, 0.29) is 11.7 Å². The second kappa shape index (κ2) is 6.88. The highest BCUT2D eigenvalue weighted by Crippen LogP contribution is 2.25. The molecular formula is C19H22N2O3S. The summed E-state index contributed by atoms with van der Waals surface area (Å²) in [7, 11) is -3.20. The zero-order valence-corrected chi connectivity index (χ0v) is 15.3. The number of nitrogens with zero attached hydrogens (tertiary/aromatic N) is 1. The average molecular weight is 358 g/mol. The van der Waals surface area contributed by atoms with Crippen LogP contribution in [0.15, 0.2) is 42.5 Å². The van der Waals surface area contributed by atoms with Gasteiger partial charge >= 0.3 is 0 Å². The molecule has 0 radical (unpaired) electrons. The maximum absolute atomic E-state index is 12.6. The molecule has 1 amide bonds. The second-order valence-electron chi connectivity index (χ2n) is 6.21. The lowest BCUT2D eigenvalue weighted by Crippen LogP contribution is -2.25. The third kappa shape index (κ3) is 3.54. The fraction of sp³-hybridized carbons (Fsp3) is 0.316. The Labute approximate surface area is 148 Å². The molecule has 3 rings (SSSR count). The topological polar surface area (TPSA) is 66.5 Å². The highest BCUT2D eigenvalue weighted by Gasteiger charge is 2.28. The van der Waals surface area contributed by atoms with Crippen LogP contribution in [0.2, 0.25) is 0 Å². The van der Waals surface area contributed by atoms with E-state index in [1.807, 2.05) is 25.1 Å². The number of amides is 1. The number of carbonyl (C=O) groups is 1. The molecule has 0 aromatic heterocycles. The molecule has 0 saturated carbocycles. The molecule has 2 aromatic rings. The number of hydrogen-bond acceptors (Lipinski definition) is 3. The van der Waals surface area contributed by atoms with Crippen LogP contribution in [-0.4, -0.2) is 26.6 Å².